The second kappa shape index (κ2) is 6.48. The lowest BCUT2D eigenvalue weighted by Gasteiger charge is -2.14. The fourth-order valence-corrected chi connectivity index (χ4v) is 2.11. The Kier molecular flexibility index (Phi) is 4.68. The number of halogens is 1. The van der Waals surface area contributed by atoms with Crippen LogP contribution in [0, 0.1) is 5.82 Å². The predicted octanol–water partition coefficient (Wildman–Crippen LogP) is 2.76. The van der Waals surface area contributed by atoms with E-state index in [0.717, 1.165) is 25.1 Å². The van der Waals surface area contributed by atoms with Gasteiger partial charge in [0.25, 0.3) is 0 Å². The lowest BCUT2D eigenvalue weighted by atomic mass is 10.1. The van der Waals surface area contributed by atoms with Crippen molar-refractivity contribution < 1.29 is 4.39 Å². The number of aryl methyl sites for hydroxylation is 1. The van der Waals surface area contributed by atoms with Crippen LogP contribution in [0.25, 0.3) is 0 Å². The maximum absolute atomic E-state index is 12.8. The summed E-state index contributed by atoms with van der Waals surface area (Å²) < 4.78 is 14.9. The van der Waals surface area contributed by atoms with Gasteiger partial charge in [-0.1, -0.05) is 12.1 Å². The van der Waals surface area contributed by atoms with Crippen LogP contribution >= 0.6 is 0 Å². The fraction of sp³-hybridized carbons (Fsp3) is 0.400. The topological polar surface area (TPSA) is 29.9 Å². The molecule has 0 bridgehead atoms. The molecule has 1 heterocycles. The third-order valence-corrected chi connectivity index (χ3v) is 3.23. The SMILES string of the molecule is CCn1cncc1CNC(C)Cc1ccc(F)cc1. The minimum Gasteiger partial charge on any atom is -0.334 e. The number of nitrogens with zero attached hydrogens (tertiary/aromatic N) is 2. The van der Waals surface area contributed by atoms with E-state index in [1.807, 2.05) is 24.7 Å². The third kappa shape index (κ3) is 3.89. The Morgan fingerprint density at radius 1 is 1.32 bits per heavy atom. The highest BCUT2D eigenvalue weighted by Crippen LogP contribution is 2.06. The summed E-state index contributed by atoms with van der Waals surface area (Å²) in [5, 5.41) is 3.47. The predicted molar refractivity (Wildman–Crippen MR) is 74.3 cm³/mol. The largest absolute Gasteiger partial charge is 0.334 e. The van der Waals surface area contributed by atoms with Crippen molar-refractivity contribution in [3.63, 3.8) is 0 Å². The van der Waals surface area contributed by atoms with Crippen molar-refractivity contribution in [3.05, 3.63) is 53.9 Å². The molecule has 0 aliphatic rings. The normalized spacial score (nSPS) is 12.6. The fourth-order valence-electron chi connectivity index (χ4n) is 2.11. The van der Waals surface area contributed by atoms with Crippen LogP contribution in [-0.4, -0.2) is 15.6 Å². The monoisotopic (exact) mass is 261 g/mol. The molecule has 4 heteroatoms. The van der Waals surface area contributed by atoms with Crippen LogP contribution < -0.4 is 5.32 Å². The van der Waals surface area contributed by atoms with Gasteiger partial charge in [0.15, 0.2) is 0 Å². The molecule has 0 radical (unpaired) electrons. The van der Waals surface area contributed by atoms with Crippen molar-refractivity contribution in [2.45, 2.75) is 39.4 Å². The summed E-state index contributed by atoms with van der Waals surface area (Å²) in [4.78, 5) is 4.15. The second-order valence-corrected chi connectivity index (χ2v) is 4.78. The molecule has 1 atom stereocenters. The molecule has 2 aromatic rings. The second-order valence-electron chi connectivity index (χ2n) is 4.78. The Hall–Kier alpha value is -1.68. The first-order valence-corrected chi connectivity index (χ1v) is 6.66. The van der Waals surface area contributed by atoms with Gasteiger partial charge in [-0.15, -0.1) is 0 Å². The van der Waals surface area contributed by atoms with Gasteiger partial charge < -0.3 is 9.88 Å². The first-order valence-electron chi connectivity index (χ1n) is 6.66. The van der Waals surface area contributed by atoms with E-state index >= 15 is 0 Å². The Labute approximate surface area is 113 Å². The number of hydrogen-bond acceptors (Lipinski definition) is 2. The third-order valence-electron chi connectivity index (χ3n) is 3.23. The summed E-state index contributed by atoms with van der Waals surface area (Å²) in [5.74, 6) is -0.184. The molecule has 2 rings (SSSR count). The van der Waals surface area contributed by atoms with Crippen molar-refractivity contribution in [2.75, 3.05) is 0 Å². The van der Waals surface area contributed by atoms with Gasteiger partial charge in [0.2, 0.25) is 0 Å². The smallest absolute Gasteiger partial charge is 0.123 e. The average molecular weight is 261 g/mol. The van der Waals surface area contributed by atoms with E-state index < -0.39 is 0 Å². The van der Waals surface area contributed by atoms with Crippen molar-refractivity contribution in [1.29, 1.82) is 0 Å². The zero-order valence-corrected chi connectivity index (χ0v) is 11.4. The Morgan fingerprint density at radius 2 is 2.05 bits per heavy atom. The highest BCUT2D eigenvalue weighted by Gasteiger charge is 2.05. The van der Waals surface area contributed by atoms with Crippen LogP contribution in [0.15, 0.2) is 36.8 Å². The zero-order chi connectivity index (χ0) is 13.7. The number of aromatic nitrogens is 2. The summed E-state index contributed by atoms with van der Waals surface area (Å²) in [5.41, 5.74) is 2.33. The van der Waals surface area contributed by atoms with Crippen molar-refractivity contribution in [1.82, 2.24) is 14.9 Å². The lowest BCUT2D eigenvalue weighted by Crippen LogP contribution is -2.28. The summed E-state index contributed by atoms with van der Waals surface area (Å²) in [6.45, 7) is 5.97. The number of hydrogen-bond donors (Lipinski definition) is 1. The van der Waals surface area contributed by atoms with Gasteiger partial charge in [0, 0.05) is 25.3 Å². The summed E-state index contributed by atoms with van der Waals surface area (Å²) in [6.07, 6.45) is 4.63. The van der Waals surface area contributed by atoms with Gasteiger partial charge in [0.05, 0.1) is 12.0 Å². The van der Waals surface area contributed by atoms with Gasteiger partial charge >= 0.3 is 0 Å². The van der Waals surface area contributed by atoms with Crippen LogP contribution in [-0.2, 0) is 19.5 Å². The summed E-state index contributed by atoms with van der Waals surface area (Å²) >= 11 is 0. The molecular formula is C15H20FN3. The van der Waals surface area contributed by atoms with Crippen LogP contribution in [0.2, 0.25) is 0 Å². The molecule has 0 aliphatic carbocycles. The molecule has 0 saturated heterocycles. The first kappa shape index (κ1) is 13.7. The van der Waals surface area contributed by atoms with E-state index in [9.17, 15) is 4.39 Å². The van der Waals surface area contributed by atoms with E-state index in [-0.39, 0.29) is 5.82 Å². The molecule has 19 heavy (non-hydrogen) atoms. The van der Waals surface area contributed by atoms with E-state index in [4.69, 9.17) is 0 Å². The molecule has 3 nitrogen and oxygen atoms in total. The van der Waals surface area contributed by atoms with Gasteiger partial charge in [-0.2, -0.15) is 0 Å². The maximum atomic E-state index is 12.8. The Morgan fingerprint density at radius 3 is 2.74 bits per heavy atom. The van der Waals surface area contributed by atoms with Crippen molar-refractivity contribution in [2.24, 2.45) is 0 Å². The number of imidazole rings is 1. The van der Waals surface area contributed by atoms with E-state index in [0.29, 0.717) is 6.04 Å². The molecule has 0 saturated carbocycles. The maximum Gasteiger partial charge on any atom is 0.123 e. The van der Waals surface area contributed by atoms with Gasteiger partial charge in [-0.3, -0.25) is 0 Å². The molecule has 1 unspecified atom stereocenters. The van der Waals surface area contributed by atoms with Crippen molar-refractivity contribution >= 4 is 0 Å². The van der Waals surface area contributed by atoms with E-state index in [2.05, 4.69) is 28.7 Å². The van der Waals surface area contributed by atoms with Gasteiger partial charge in [-0.05, 0) is 38.0 Å². The molecule has 1 aromatic heterocycles. The van der Waals surface area contributed by atoms with E-state index in [1.54, 1.807) is 0 Å². The summed E-state index contributed by atoms with van der Waals surface area (Å²) in [6, 6.07) is 7.03. The van der Waals surface area contributed by atoms with E-state index in [1.165, 1.54) is 17.8 Å². The van der Waals surface area contributed by atoms with Crippen LogP contribution in [0.5, 0.6) is 0 Å². The quantitative estimate of drug-likeness (QED) is 0.866. The minimum absolute atomic E-state index is 0.184. The van der Waals surface area contributed by atoms with Gasteiger partial charge in [-0.25, -0.2) is 9.37 Å². The first-order chi connectivity index (χ1) is 9.19. The molecular weight excluding hydrogens is 241 g/mol. The molecule has 0 spiro atoms. The molecule has 102 valence electrons. The molecule has 0 fully saturated rings. The standard InChI is InChI=1S/C15H20FN3/c1-3-19-11-17-9-15(19)10-18-12(2)8-13-4-6-14(16)7-5-13/h4-7,9,11-12,18H,3,8,10H2,1-2H3. The minimum atomic E-state index is -0.184. The zero-order valence-electron chi connectivity index (χ0n) is 11.4. The van der Waals surface area contributed by atoms with Crippen LogP contribution in [0.4, 0.5) is 4.39 Å². The lowest BCUT2D eigenvalue weighted by molar-refractivity contribution is 0.526. The molecule has 1 N–H and O–H groups in total. The van der Waals surface area contributed by atoms with Crippen molar-refractivity contribution in [3.8, 4) is 0 Å². The Balaban J connectivity index is 1.84. The summed E-state index contributed by atoms with van der Waals surface area (Å²) in [7, 11) is 0. The molecule has 0 aliphatic heterocycles. The van der Waals surface area contributed by atoms with Gasteiger partial charge in [0.1, 0.15) is 5.82 Å². The molecule has 0 amide bonds. The van der Waals surface area contributed by atoms with Crippen LogP contribution in [0.1, 0.15) is 25.1 Å². The highest BCUT2D eigenvalue weighted by atomic mass is 19.1. The Bertz CT molecular complexity index is 504. The average Bonchev–Trinajstić information content (AvgIpc) is 2.86. The van der Waals surface area contributed by atoms with Crippen LogP contribution in [0.3, 0.4) is 0 Å². The highest BCUT2D eigenvalue weighted by molar-refractivity contribution is 5.17. The number of benzene rings is 1. The number of rotatable bonds is 6. The molecule has 1 aromatic carbocycles. The number of nitrogens with one attached hydrogen (secondary N) is 1.